The number of ether oxygens (including phenoxy) is 3. The highest BCUT2D eigenvalue weighted by Crippen LogP contribution is 2.25. The zero-order chi connectivity index (χ0) is 37.7. The first-order valence-electron chi connectivity index (χ1n) is 16.8. The lowest BCUT2D eigenvalue weighted by Gasteiger charge is -2.32. The van der Waals surface area contributed by atoms with Crippen molar-refractivity contribution >= 4 is 30.0 Å². The van der Waals surface area contributed by atoms with Crippen LogP contribution >= 0.6 is 0 Å². The van der Waals surface area contributed by atoms with E-state index in [2.05, 4.69) is 21.3 Å². The maximum Gasteiger partial charge on any atom is 0.408 e. The number of nitrogens with one attached hydrogen (secondary N) is 4. The van der Waals surface area contributed by atoms with E-state index in [1.165, 1.54) is 7.11 Å². The first-order valence-corrected chi connectivity index (χ1v) is 16.8. The van der Waals surface area contributed by atoms with Crippen molar-refractivity contribution in [2.75, 3.05) is 7.11 Å². The quantitative estimate of drug-likeness (QED) is 0.139. The third kappa shape index (κ3) is 16.2. The SMILES string of the molecule is COC(=O)[C@@H](NC(=O)[C@H](CC(C)(C)C)NC(=O)C[C@@H](CC(C)(C)C)NC(=O)OCc1ccccc1)[C@H](NC(=O)OC(C)(C)C)c1ccccc1. The molecule has 0 fully saturated rings. The number of carbonyl (C=O) groups excluding carboxylic acids is 5. The largest absolute Gasteiger partial charge is 0.467 e. The number of methoxy groups -OCH3 is 1. The Labute approximate surface area is 296 Å². The Hall–Kier alpha value is -4.61. The van der Waals surface area contributed by atoms with Gasteiger partial charge >= 0.3 is 18.2 Å². The minimum atomic E-state index is -1.38. The Kier molecular flexibility index (Phi) is 15.3. The van der Waals surface area contributed by atoms with Crippen LogP contribution in [0.3, 0.4) is 0 Å². The topological polar surface area (TPSA) is 161 Å². The molecule has 276 valence electrons. The van der Waals surface area contributed by atoms with Crippen molar-refractivity contribution in [1.82, 2.24) is 21.3 Å². The molecule has 0 unspecified atom stereocenters. The fourth-order valence-electron chi connectivity index (χ4n) is 5.26. The highest BCUT2D eigenvalue weighted by molar-refractivity contribution is 5.91. The number of esters is 1. The lowest BCUT2D eigenvalue weighted by molar-refractivity contribution is -0.146. The van der Waals surface area contributed by atoms with E-state index in [1.807, 2.05) is 71.9 Å². The van der Waals surface area contributed by atoms with Gasteiger partial charge in [0, 0.05) is 12.5 Å². The van der Waals surface area contributed by atoms with Gasteiger partial charge in [-0.1, -0.05) is 102 Å². The molecular formula is C38H56N4O8. The van der Waals surface area contributed by atoms with Gasteiger partial charge in [0.2, 0.25) is 11.8 Å². The highest BCUT2D eigenvalue weighted by Gasteiger charge is 2.37. The molecule has 50 heavy (non-hydrogen) atoms. The molecule has 0 aliphatic heterocycles. The summed E-state index contributed by atoms with van der Waals surface area (Å²) in [7, 11) is 1.18. The van der Waals surface area contributed by atoms with E-state index in [0.29, 0.717) is 12.0 Å². The number of benzene rings is 2. The summed E-state index contributed by atoms with van der Waals surface area (Å²) in [5.74, 6) is -1.95. The van der Waals surface area contributed by atoms with E-state index in [0.717, 1.165) is 5.56 Å². The summed E-state index contributed by atoms with van der Waals surface area (Å²) in [6.07, 6.45) is -0.918. The standard InChI is InChI=1S/C38H56N4O8/c1-36(2,3)22-27(39-34(46)49-24-25-17-13-11-14-18-25)21-29(43)40-28(23-37(4,5)6)32(44)41-31(33(45)48-10)30(26-19-15-12-16-20-26)42-35(47)50-38(7,8)9/h11-20,27-28,30-31H,21-24H2,1-10H3,(H,39,46)(H,40,43)(H,41,44)(H,42,47)/t27-,28-,30+,31-/m0/s1. The van der Waals surface area contributed by atoms with Crippen molar-refractivity contribution in [3.63, 3.8) is 0 Å². The second-order valence-electron chi connectivity index (χ2n) is 15.8. The Balaban J connectivity index is 2.30. The van der Waals surface area contributed by atoms with E-state index < -0.39 is 65.2 Å². The minimum Gasteiger partial charge on any atom is -0.467 e. The molecular weight excluding hydrogens is 640 g/mol. The second kappa shape index (κ2) is 18.4. The fraction of sp³-hybridized carbons (Fsp3) is 0.553. The van der Waals surface area contributed by atoms with Crippen LogP contribution in [0.5, 0.6) is 0 Å². The first kappa shape index (κ1) is 41.6. The normalized spacial score (nSPS) is 14.2. The molecule has 0 aliphatic carbocycles. The molecule has 0 aromatic heterocycles. The maximum absolute atomic E-state index is 14.0. The molecule has 4 atom stereocenters. The monoisotopic (exact) mass is 696 g/mol. The lowest BCUT2D eigenvalue weighted by atomic mass is 9.86. The Morgan fingerprint density at radius 1 is 0.680 bits per heavy atom. The van der Waals surface area contributed by atoms with Crippen molar-refractivity contribution in [3.8, 4) is 0 Å². The molecule has 12 heteroatoms. The van der Waals surface area contributed by atoms with Crippen LogP contribution in [0.1, 0.15) is 98.7 Å². The van der Waals surface area contributed by atoms with Crippen molar-refractivity contribution in [2.24, 2.45) is 10.8 Å². The molecule has 2 rings (SSSR count). The predicted molar refractivity (Wildman–Crippen MR) is 191 cm³/mol. The number of alkyl carbamates (subject to hydrolysis) is 2. The molecule has 0 saturated heterocycles. The number of hydrogen-bond donors (Lipinski definition) is 4. The summed E-state index contributed by atoms with van der Waals surface area (Å²) < 4.78 is 15.9. The average molecular weight is 697 g/mol. The van der Waals surface area contributed by atoms with E-state index in [4.69, 9.17) is 14.2 Å². The van der Waals surface area contributed by atoms with E-state index in [-0.39, 0.29) is 24.9 Å². The average Bonchev–Trinajstić information content (AvgIpc) is 2.99. The number of hydrogen-bond acceptors (Lipinski definition) is 8. The van der Waals surface area contributed by atoms with Gasteiger partial charge in [-0.3, -0.25) is 9.59 Å². The summed E-state index contributed by atoms with van der Waals surface area (Å²) >= 11 is 0. The number of amides is 4. The van der Waals surface area contributed by atoms with Crippen LogP contribution < -0.4 is 21.3 Å². The molecule has 0 heterocycles. The maximum atomic E-state index is 14.0. The van der Waals surface area contributed by atoms with E-state index in [9.17, 15) is 24.0 Å². The van der Waals surface area contributed by atoms with Crippen molar-refractivity contribution in [2.45, 2.75) is 118 Å². The van der Waals surface area contributed by atoms with Gasteiger partial charge in [-0.2, -0.15) is 0 Å². The molecule has 0 aliphatic rings. The third-order valence-corrected chi connectivity index (χ3v) is 7.21. The predicted octanol–water partition coefficient (Wildman–Crippen LogP) is 5.95. The molecule has 4 amide bonds. The molecule has 2 aromatic rings. The van der Waals surface area contributed by atoms with Crippen LogP contribution in [0.2, 0.25) is 0 Å². The molecule has 0 saturated carbocycles. The van der Waals surface area contributed by atoms with Crippen LogP contribution in [0.25, 0.3) is 0 Å². The zero-order valence-electron chi connectivity index (χ0n) is 31.2. The number of rotatable bonds is 14. The Morgan fingerprint density at radius 2 is 1.24 bits per heavy atom. The zero-order valence-corrected chi connectivity index (χ0v) is 31.2. The summed E-state index contributed by atoms with van der Waals surface area (Å²) in [5, 5.41) is 11.1. The van der Waals surface area contributed by atoms with Gasteiger partial charge in [0.15, 0.2) is 6.04 Å². The first-order chi connectivity index (χ1) is 23.2. The van der Waals surface area contributed by atoms with Crippen molar-refractivity contribution in [3.05, 3.63) is 71.8 Å². The molecule has 2 aromatic carbocycles. The van der Waals surface area contributed by atoms with E-state index >= 15 is 0 Å². The van der Waals surface area contributed by atoms with Crippen LogP contribution in [0, 0.1) is 10.8 Å². The van der Waals surface area contributed by atoms with Crippen LogP contribution in [-0.2, 0) is 35.2 Å². The van der Waals surface area contributed by atoms with E-state index in [1.54, 1.807) is 51.1 Å². The lowest BCUT2D eigenvalue weighted by Crippen LogP contribution is -2.57. The summed E-state index contributed by atoms with van der Waals surface area (Å²) in [4.78, 5) is 66.4. The van der Waals surface area contributed by atoms with Gasteiger partial charge in [-0.25, -0.2) is 14.4 Å². The van der Waals surface area contributed by atoms with Crippen LogP contribution in [-0.4, -0.2) is 60.8 Å². The smallest absolute Gasteiger partial charge is 0.408 e. The van der Waals surface area contributed by atoms with Crippen LogP contribution in [0.4, 0.5) is 9.59 Å². The van der Waals surface area contributed by atoms with Gasteiger partial charge < -0.3 is 35.5 Å². The Bertz CT molecular complexity index is 1410. The van der Waals surface area contributed by atoms with Crippen molar-refractivity contribution < 1.29 is 38.2 Å². The van der Waals surface area contributed by atoms with Crippen LogP contribution in [0.15, 0.2) is 60.7 Å². The van der Waals surface area contributed by atoms with Gasteiger partial charge in [-0.15, -0.1) is 0 Å². The summed E-state index contributed by atoms with van der Waals surface area (Å²) in [5.41, 5.74) is -0.157. The van der Waals surface area contributed by atoms with Crippen molar-refractivity contribution in [1.29, 1.82) is 0 Å². The van der Waals surface area contributed by atoms with Gasteiger partial charge in [0.1, 0.15) is 18.2 Å². The Morgan fingerprint density at radius 3 is 1.76 bits per heavy atom. The minimum absolute atomic E-state index is 0.0725. The number of carbonyl (C=O) groups is 5. The summed E-state index contributed by atoms with van der Waals surface area (Å²) in [6.45, 7) is 16.9. The fourth-order valence-corrected chi connectivity index (χ4v) is 5.26. The molecule has 0 bridgehead atoms. The van der Waals surface area contributed by atoms with Gasteiger partial charge in [-0.05, 0) is 55.6 Å². The van der Waals surface area contributed by atoms with Gasteiger partial charge in [0.25, 0.3) is 0 Å². The molecule has 4 N–H and O–H groups in total. The second-order valence-corrected chi connectivity index (χ2v) is 15.8. The highest BCUT2D eigenvalue weighted by atomic mass is 16.6. The summed E-state index contributed by atoms with van der Waals surface area (Å²) in [6, 6.07) is 13.8. The molecule has 0 radical (unpaired) electrons. The molecule has 0 spiro atoms. The third-order valence-electron chi connectivity index (χ3n) is 7.21. The molecule has 12 nitrogen and oxygen atoms in total. The van der Waals surface area contributed by atoms with Gasteiger partial charge in [0.05, 0.1) is 13.2 Å².